The van der Waals surface area contributed by atoms with E-state index in [1.54, 1.807) is 0 Å². The molecule has 0 bridgehead atoms. The molecule has 1 atom stereocenters. The Hall–Kier alpha value is -0.780. The quantitative estimate of drug-likeness (QED) is 0.818. The van der Waals surface area contributed by atoms with Gasteiger partial charge in [0.2, 0.25) is 0 Å². The van der Waals surface area contributed by atoms with Gasteiger partial charge >= 0.3 is 0 Å². The molecular weight excluding hydrogens is 298 g/mol. The van der Waals surface area contributed by atoms with Gasteiger partial charge < -0.3 is 14.8 Å². The number of rotatable bonds is 6. The maximum Gasteiger partial charge on any atom is 0.179 e. The summed E-state index contributed by atoms with van der Waals surface area (Å²) in [6, 6.07) is 3.84. The Morgan fingerprint density at radius 2 is 2.15 bits per heavy atom. The first-order valence-corrected chi connectivity index (χ1v) is 8.71. The van der Waals surface area contributed by atoms with Crippen LogP contribution in [0, 0.1) is 0 Å². The molecule has 1 heterocycles. The van der Waals surface area contributed by atoms with Crippen molar-refractivity contribution in [3.63, 3.8) is 0 Å². The highest BCUT2D eigenvalue weighted by Crippen LogP contribution is 2.37. The van der Waals surface area contributed by atoms with Crippen LogP contribution in [0.25, 0.3) is 0 Å². The first kappa shape index (κ1) is 15.6. The van der Waals surface area contributed by atoms with Crippen LogP contribution >= 0.6 is 11.6 Å². The number of ether oxygens (including phenoxy) is 2. The molecule has 1 aromatic rings. The second-order valence-corrected chi connectivity index (χ2v) is 6.84. The average molecular weight is 318 g/mol. The van der Waals surface area contributed by atoms with Gasteiger partial charge in [0.25, 0.3) is 0 Å². The van der Waals surface area contributed by atoms with Crippen LogP contribution in [-0.2, 0) is 17.3 Å². The molecule has 1 aromatic carbocycles. The predicted molar refractivity (Wildman–Crippen MR) is 82.3 cm³/mol. The summed E-state index contributed by atoms with van der Waals surface area (Å²) in [5, 5.41) is 3.85. The Bertz CT molecular complexity index is 482. The van der Waals surface area contributed by atoms with Crippen molar-refractivity contribution < 1.29 is 13.7 Å². The van der Waals surface area contributed by atoms with E-state index in [1.165, 1.54) is 0 Å². The van der Waals surface area contributed by atoms with Gasteiger partial charge in [-0.15, -0.1) is 0 Å². The van der Waals surface area contributed by atoms with Crippen LogP contribution < -0.4 is 14.8 Å². The zero-order valence-corrected chi connectivity index (χ0v) is 13.2. The molecule has 0 saturated carbocycles. The van der Waals surface area contributed by atoms with E-state index < -0.39 is 10.8 Å². The Kier molecular flexibility index (Phi) is 6.13. The topological polar surface area (TPSA) is 47.6 Å². The fourth-order valence-corrected chi connectivity index (χ4v) is 2.90. The van der Waals surface area contributed by atoms with Gasteiger partial charge in [-0.2, -0.15) is 0 Å². The Morgan fingerprint density at radius 3 is 2.95 bits per heavy atom. The van der Waals surface area contributed by atoms with E-state index in [1.807, 2.05) is 19.1 Å². The van der Waals surface area contributed by atoms with Crippen molar-refractivity contribution in [3.05, 3.63) is 22.7 Å². The summed E-state index contributed by atoms with van der Waals surface area (Å²) in [5.41, 5.74) is 1.04. The molecule has 2 rings (SSSR count). The van der Waals surface area contributed by atoms with E-state index in [0.29, 0.717) is 47.8 Å². The van der Waals surface area contributed by atoms with Crippen LogP contribution in [0.4, 0.5) is 0 Å². The third-order valence-corrected chi connectivity index (χ3v) is 4.60. The molecule has 6 heteroatoms. The van der Waals surface area contributed by atoms with E-state index in [0.717, 1.165) is 18.5 Å². The van der Waals surface area contributed by atoms with Gasteiger partial charge in [0.1, 0.15) is 0 Å². The van der Waals surface area contributed by atoms with Crippen molar-refractivity contribution in [3.8, 4) is 11.5 Å². The smallest absolute Gasteiger partial charge is 0.179 e. The first-order valence-electron chi connectivity index (χ1n) is 6.84. The summed E-state index contributed by atoms with van der Waals surface area (Å²) < 4.78 is 22.6. The molecule has 0 saturated heterocycles. The first-order chi connectivity index (χ1) is 9.70. The number of halogens is 1. The minimum Gasteiger partial charge on any atom is -0.489 e. The highest BCUT2D eigenvalue weighted by Gasteiger charge is 2.15. The van der Waals surface area contributed by atoms with Crippen molar-refractivity contribution >= 4 is 22.4 Å². The molecule has 1 aliphatic rings. The van der Waals surface area contributed by atoms with Crippen LogP contribution in [0.5, 0.6) is 11.5 Å². The van der Waals surface area contributed by atoms with E-state index >= 15 is 0 Å². The van der Waals surface area contributed by atoms with Crippen molar-refractivity contribution in [1.82, 2.24) is 5.32 Å². The molecule has 0 spiro atoms. The Morgan fingerprint density at radius 1 is 1.35 bits per heavy atom. The third-order valence-electron chi connectivity index (χ3n) is 3.02. The second-order valence-electron chi connectivity index (χ2n) is 4.56. The summed E-state index contributed by atoms with van der Waals surface area (Å²) in [6.45, 7) is 4.62. The molecule has 112 valence electrons. The van der Waals surface area contributed by atoms with Crippen LogP contribution in [0.2, 0.25) is 5.02 Å². The molecule has 4 nitrogen and oxygen atoms in total. The lowest BCUT2D eigenvalue weighted by Gasteiger charge is -2.12. The maximum absolute atomic E-state index is 11.3. The standard InChI is InChI=1S/C14H20ClNO3S/c1-2-20(17)7-4-16-10-11-8-12(15)14-13(9-11)18-5-3-6-19-14/h8-9,16H,2-7,10H2,1H3. The lowest BCUT2D eigenvalue weighted by atomic mass is 10.2. The minimum atomic E-state index is -0.727. The monoisotopic (exact) mass is 317 g/mol. The van der Waals surface area contributed by atoms with Crippen molar-refractivity contribution in [1.29, 1.82) is 0 Å². The van der Waals surface area contributed by atoms with Crippen LogP contribution in [0.3, 0.4) is 0 Å². The minimum absolute atomic E-state index is 0.582. The molecule has 1 N–H and O–H groups in total. The number of hydrogen-bond donors (Lipinski definition) is 1. The van der Waals surface area contributed by atoms with Crippen LogP contribution in [-0.4, -0.2) is 35.5 Å². The summed E-state index contributed by atoms with van der Waals surface area (Å²) >= 11 is 6.22. The fraction of sp³-hybridized carbons (Fsp3) is 0.571. The molecule has 0 aliphatic carbocycles. The highest BCUT2D eigenvalue weighted by molar-refractivity contribution is 7.84. The molecule has 1 unspecified atom stereocenters. The van der Waals surface area contributed by atoms with Crippen molar-refractivity contribution in [2.75, 3.05) is 31.3 Å². The lowest BCUT2D eigenvalue weighted by molar-refractivity contribution is 0.297. The van der Waals surface area contributed by atoms with Crippen LogP contribution in [0.1, 0.15) is 18.9 Å². The molecule has 0 aromatic heterocycles. The Labute approximate surface area is 127 Å². The molecule has 0 radical (unpaired) electrons. The number of hydrogen-bond acceptors (Lipinski definition) is 4. The van der Waals surface area contributed by atoms with E-state index in [9.17, 15) is 4.21 Å². The van der Waals surface area contributed by atoms with E-state index in [4.69, 9.17) is 21.1 Å². The molecular formula is C14H20ClNO3S. The van der Waals surface area contributed by atoms with Gasteiger partial charge in [-0.25, -0.2) is 0 Å². The SMILES string of the molecule is CCS(=O)CCNCc1cc(Cl)c2c(c1)OCCCO2. The fourth-order valence-electron chi connectivity index (χ4n) is 1.95. The normalized spacial score (nSPS) is 15.7. The van der Waals surface area contributed by atoms with Gasteiger partial charge in [0.05, 0.1) is 18.2 Å². The largest absolute Gasteiger partial charge is 0.489 e. The second kappa shape index (κ2) is 7.86. The molecule has 0 amide bonds. The average Bonchev–Trinajstić information content (AvgIpc) is 2.69. The van der Waals surface area contributed by atoms with Gasteiger partial charge in [-0.3, -0.25) is 4.21 Å². The summed E-state index contributed by atoms with van der Waals surface area (Å²) in [4.78, 5) is 0. The molecule has 20 heavy (non-hydrogen) atoms. The lowest BCUT2D eigenvalue weighted by Crippen LogP contribution is -2.20. The third kappa shape index (κ3) is 4.36. The predicted octanol–water partition coefficient (Wildman–Crippen LogP) is 2.36. The molecule has 0 fully saturated rings. The zero-order valence-electron chi connectivity index (χ0n) is 11.6. The van der Waals surface area contributed by atoms with Crippen molar-refractivity contribution in [2.24, 2.45) is 0 Å². The van der Waals surface area contributed by atoms with Crippen molar-refractivity contribution in [2.45, 2.75) is 19.9 Å². The zero-order chi connectivity index (χ0) is 14.4. The summed E-state index contributed by atoms with van der Waals surface area (Å²) in [7, 11) is -0.727. The number of fused-ring (bicyclic) bond motifs is 1. The number of benzene rings is 1. The summed E-state index contributed by atoms with van der Waals surface area (Å²) in [5.74, 6) is 2.73. The maximum atomic E-state index is 11.3. The number of nitrogens with one attached hydrogen (secondary N) is 1. The summed E-state index contributed by atoms with van der Waals surface area (Å²) in [6.07, 6.45) is 0.863. The van der Waals surface area contributed by atoms with Crippen LogP contribution in [0.15, 0.2) is 12.1 Å². The Balaban J connectivity index is 1.94. The van der Waals surface area contributed by atoms with Gasteiger partial charge in [-0.1, -0.05) is 18.5 Å². The highest BCUT2D eigenvalue weighted by atomic mass is 35.5. The molecule has 1 aliphatic heterocycles. The van der Waals surface area contributed by atoms with Gasteiger partial charge in [-0.05, 0) is 17.7 Å². The van der Waals surface area contributed by atoms with Gasteiger partial charge in [0.15, 0.2) is 11.5 Å². The van der Waals surface area contributed by atoms with Gasteiger partial charge in [0, 0.05) is 41.8 Å². The van der Waals surface area contributed by atoms with E-state index in [-0.39, 0.29) is 0 Å². The van der Waals surface area contributed by atoms with E-state index in [2.05, 4.69) is 5.32 Å².